The number of amides is 1. The summed E-state index contributed by atoms with van der Waals surface area (Å²) in [5.74, 6) is -0.646. The highest BCUT2D eigenvalue weighted by Crippen LogP contribution is 2.25. The Kier molecular flexibility index (Phi) is 6.02. The Balaban J connectivity index is 1.41. The number of aromatic nitrogens is 2. The summed E-state index contributed by atoms with van der Waals surface area (Å²) in [5, 5.41) is 2.72. The van der Waals surface area contributed by atoms with E-state index in [1.807, 2.05) is 4.90 Å². The summed E-state index contributed by atoms with van der Waals surface area (Å²) in [6.45, 7) is 4.73. The van der Waals surface area contributed by atoms with Crippen LogP contribution in [0.4, 0.5) is 10.1 Å². The minimum Gasteiger partial charge on any atom is -0.325 e. The second-order valence-corrected chi connectivity index (χ2v) is 9.89. The van der Waals surface area contributed by atoms with Gasteiger partial charge in [0.1, 0.15) is 21.7 Å². The van der Waals surface area contributed by atoms with Gasteiger partial charge in [-0.05, 0) is 43.7 Å². The molecule has 1 aromatic heterocycles. The number of hydrogen-bond donors (Lipinski definition) is 1. The van der Waals surface area contributed by atoms with E-state index in [9.17, 15) is 17.6 Å². The summed E-state index contributed by atoms with van der Waals surface area (Å²) in [6.07, 6.45) is 0. The van der Waals surface area contributed by atoms with Crippen LogP contribution >= 0.6 is 11.7 Å². The van der Waals surface area contributed by atoms with Crippen molar-refractivity contribution in [3.63, 3.8) is 0 Å². The van der Waals surface area contributed by atoms with Gasteiger partial charge in [0, 0.05) is 31.9 Å². The Morgan fingerprint density at radius 3 is 2.61 bits per heavy atom. The molecule has 164 valence electrons. The molecule has 1 saturated heterocycles. The van der Waals surface area contributed by atoms with Crippen LogP contribution in [0.2, 0.25) is 0 Å². The van der Waals surface area contributed by atoms with E-state index in [2.05, 4.69) is 14.1 Å². The van der Waals surface area contributed by atoms with E-state index in [0.717, 1.165) is 11.7 Å². The molecule has 2 heterocycles. The molecule has 4 rings (SSSR count). The first-order chi connectivity index (χ1) is 14.8. The molecule has 1 N–H and O–H groups in total. The fourth-order valence-corrected chi connectivity index (χ4v) is 5.72. The molecular formula is C20H22FN5O3S2. The molecule has 11 heteroatoms. The van der Waals surface area contributed by atoms with Crippen LogP contribution in [0.15, 0.2) is 41.3 Å². The number of nitrogens with one attached hydrogen (secondary N) is 1. The van der Waals surface area contributed by atoms with Gasteiger partial charge in [-0.15, -0.1) is 0 Å². The molecule has 0 aliphatic carbocycles. The maximum Gasteiger partial charge on any atom is 0.245 e. The highest BCUT2D eigenvalue weighted by molar-refractivity contribution is 7.89. The molecule has 8 nitrogen and oxygen atoms in total. The van der Waals surface area contributed by atoms with Crippen molar-refractivity contribution < 1.29 is 17.6 Å². The van der Waals surface area contributed by atoms with Crippen LogP contribution < -0.4 is 5.32 Å². The number of anilines is 1. The third-order valence-corrected chi connectivity index (χ3v) is 7.98. The first-order valence-corrected chi connectivity index (χ1v) is 12.0. The van der Waals surface area contributed by atoms with Crippen LogP contribution in [0.5, 0.6) is 0 Å². The van der Waals surface area contributed by atoms with E-state index in [1.165, 1.54) is 10.4 Å². The molecule has 1 fully saturated rings. The van der Waals surface area contributed by atoms with Gasteiger partial charge >= 0.3 is 0 Å². The molecule has 1 aliphatic heterocycles. The predicted molar refractivity (Wildman–Crippen MR) is 117 cm³/mol. The van der Waals surface area contributed by atoms with E-state index in [4.69, 9.17) is 0 Å². The topological polar surface area (TPSA) is 95.5 Å². The van der Waals surface area contributed by atoms with Crippen molar-refractivity contribution in [3.05, 3.63) is 47.8 Å². The van der Waals surface area contributed by atoms with Crippen LogP contribution in [0, 0.1) is 12.7 Å². The van der Waals surface area contributed by atoms with Gasteiger partial charge in [0.05, 0.1) is 17.8 Å². The van der Waals surface area contributed by atoms with E-state index in [0.29, 0.717) is 35.4 Å². The Hall–Kier alpha value is -2.47. The third kappa shape index (κ3) is 4.31. The fraction of sp³-hybridized carbons (Fsp3) is 0.350. The van der Waals surface area contributed by atoms with E-state index < -0.39 is 16.1 Å². The number of nitrogens with zero attached hydrogens (tertiary/aromatic N) is 4. The van der Waals surface area contributed by atoms with Gasteiger partial charge in [0.15, 0.2) is 0 Å². The van der Waals surface area contributed by atoms with Crippen molar-refractivity contribution in [2.75, 3.05) is 31.5 Å². The molecule has 1 aliphatic rings. The van der Waals surface area contributed by atoms with Crippen LogP contribution in [0.1, 0.15) is 12.5 Å². The Morgan fingerprint density at radius 1 is 1.16 bits per heavy atom. The zero-order valence-electron chi connectivity index (χ0n) is 17.1. The minimum absolute atomic E-state index is 0.152. The molecule has 1 amide bonds. The number of benzene rings is 2. The second-order valence-electron chi connectivity index (χ2n) is 7.46. The first-order valence-electron chi connectivity index (χ1n) is 9.80. The summed E-state index contributed by atoms with van der Waals surface area (Å²) < 4.78 is 49.7. The largest absolute Gasteiger partial charge is 0.325 e. The van der Waals surface area contributed by atoms with E-state index >= 15 is 0 Å². The molecule has 31 heavy (non-hydrogen) atoms. The number of rotatable bonds is 5. The Labute approximate surface area is 184 Å². The molecule has 0 saturated carbocycles. The Bertz CT molecular complexity index is 1220. The van der Waals surface area contributed by atoms with Crippen molar-refractivity contribution in [2.45, 2.75) is 24.8 Å². The van der Waals surface area contributed by atoms with Crippen LogP contribution in [-0.2, 0) is 14.8 Å². The number of carbonyl (C=O) groups is 1. The lowest BCUT2D eigenvalue weighted by Gasteiger charge is -2.36. The van der Waals surface area contributed by atoms with Gasteiger partial charge in [-0.25, -0.2) is 12.8 Å². The molecule has 0 bridgehead atoms. The standard InChI is InChI=1S/C20H22FN5O3S2/c1-13-6-7-15(12-16(13)21)22-20(27)14(2)25-8-10-26(11-9-25)31(28,29)18-5-3-4-17-19(18)24-30-23-17/h3-7,12,14H,8-11H2,1-2H3,(H,22,27). The van der Waals surface area contributed by atoms with Crippen LogP contribution in [0.25, 0.3) is 11.0 Å². The lowest BCUT2D eigenvalue weighted by atomic mass is 10.2. The number of piperazine rings is 1. The average Bonchev–Trinajstić information content (AvgIpc) is 3.24. The lowest BCUT2D eigenvalue weighted by Crippen LogP contribution is -2.53. The van der Waals surface area contributed by atoms with Crippen LogP contribution in [0.3, 0.4) is 0 Å². The van der Waals surface area contributed by atoms with Crippen molar-refractivity contribution in [1.82, 2.24) is 18.0 Å². The van der Waals surface area contributed by atoms with Gasteiger partial charge < -0.3 is 5.32 Å². The average molecular weight is 464 g/mol. The second kappa shape index (κ2) is 8.58. The molecule has 0 spiro atoms. The molecule has 1 atom stereocenters. The van der Waals surface area contributed by atoms with Crippen molar-refractivity contribution in [2.24, 2.45) is 0 Å². The maximum absolute atomic E-state index is 13.7. The number of fused-ring (bicyclic) bond motifs is 1. The van der Waals surface area contributed by atoms with Gasteiger partial charge in [0.2, 0.25) is 15.9 Å². The normalized spacial score (nSPS) is 17.0. The fourth-order valence-electron chi connectivity index (χ4n) is 3.54. The SMILES string of the molecule is Cc1ccc(NC(=O)C(C)N2CCN(S(=O)(=O)c3cccc4nsnc34)CC2)cc1F. The van der Waals surface area contributed by atoms with Gasteiger partial charge in [-0.2, -0.15) is 13.1 Å². The quantitative estimate of drug-likeness (QED) is 0.625. The number of carbonyl (C=O) groups excluding carboxylic acids is 1. The number of aryl methyl sites for hydroxylation is 1. The Morgan fingerprint density at radius 2 is 1.90 bits per heavy atom. The van der Waals surface area contributed by atoms with Crippen molar-refractivity contribution >= 4 is 44.4 Å². The smallest absolute Gasteiger partial charge is 0.245 e. The van der Waals surface area contributed by atoms with Gasteiger partial charge in [0.25, 0.3) is 0 Å². The summed E-state index contributed by atoms with van der Waals surface area (Å²) in [4.78, 5) is 14.7. The number of hydrogen-bond acceptors (Lipinski definition) is 7. The summed E-state index contributed by atoms with van der Waals surface area (Å²) in [7, 11) is -3.72. The summed E-state index contributed by atoms with van der Waals surface area (Å²) in [6, 6.07) is 9.00. The zero-order valence-corrected chi connectivity index (χ0v) is 18.7. The lowest BCUT2D eigenvalue weighted by molar-refractivity contribution is -0.121. The van der Waals surface area contributed by atoms with Gasteiger partial charge in [-0.1, -0.05) is 12.1 Å². The highest BCUT2D eigenvalue weighted by Gasteiger charge is 2.33. The molecule has 3 aromatic rings. The molecule has 2 aromatic carbocycles. The van der Waals surface area contributed by atoms with E-state index in [-0.39, 0.29) is 29.7 Å². The highest BCUT2D eigenvalue weighted by atomic mass is 32.2. The molecule has 0 radical (unpaired) electrons. The third-order valence-electron chi connectivity index (χ3n) is 5.51. The van der Waals surface area contributed by atoms with Crippen LogP contribution in [-0.4, -0.2) is 64.5 Å². The minimum atomic E-state index is -3.72. The monoisotopic (exact) mass is 463 g/mol. The first kappa shape index (κ1) is 21.8. The van der Waals surface area contributed by atoms with Crippen molar-refractivity contribution in [3.8, 4) is 0 Å². The molecular weight excluding hydrogens is 441 g/mol. The number of sulfonamides is 1. The summed E-state index contributed by atoms with van der Waals surface area (Å²) in [5.41, 5.74) is 1.84. The number of halogens is 1. The van der Waals surface area contributed by atoms with Crippen molar-refractivity contribution in [1.29, 1.82) is 0 Å². The van der Waals surface area contributed by atoms with Gasteiger partial charge in [-0.3, -0.25) is 9.69 Å². The summed E-state index contributed by atoms with van der Waals surface area (Å²) >= 11 is 0.980. The van der Waals surface area contributed by atoms with E-state index in [1.54, 1.807) is 44.2 Å². The zero-order chi connectivity index (χ0) is 22.2. The predicted octanol–water partition coefficient (Wildman–Crippen LogP) is 2.47. The molecule has 1 unspecified atom stereocenters. The maximum atomic E-state index is 13.7.